The molecule has 2 aromatic carbocycles. The molecule has 160 valence electrons. The molecule has 2 N–H and O–H groups in total. The number of nitrogens with one attached hydrogen (secondary N) is 2. The predicted molar refractivity (Wildman–Crippen MR) is 119 cm³/mol. The molecule has 0 radical (unpaired) electrons. The van der Waals surface area contributed by atoms with Crippen molar-refractivity contribution >= 4 is 34.2 Å². The number of likely N-dealkylation sites (tertiary alicyclic amines) is 2. The minimum Gasteiger partial charge on any atom is -0.341 e. The molecule has 2 aliphatic rings. The van der Waals surface area contributed by atoms with Gasteiger partial charge in [-0.25, -0.2) is 4.99 Å². The fraction of sp³-hybridized carbons (Fsp3) is 0.391. The van der Waals surface area contributed by atoms with Crippen molar-refractivity contribution in [1.29, 1.82) is 5.26 Å². The van der Waals surface area contributed by atoms with Crippen molar-refractivity contribution < 1.29 is 9.59 Å². The number of amides is 2. The molecule has 2 fully saturated rings. The van der Waals surface area contributed by atoms with Gasteiger partial charge in [0.1, 0.15) is 6.04 Å². The molecule has 4 rings (SSSR count). The lowest BCUT2D eigenvalue weighted by Gasteiger charge is -2.31. The van der Waals surface area contributed by atoms with Crippen LogP contribution in [0.4, 0.5) is 5.69 Å². The number of rotatable bonds is 4. The van der Waals surface area contributed by atoms with Gasteiger partial charge < -0.3 is 15.1 Å². The number of nitriles is 1. The number of piperidine rings is 1. The maximum absolute atomic E-state index is 13.0. The highest BCUT2D eigenvalue weighted by Gasteiger charge is 2.31. The second-order valence-corrected chi connectivity index (χ2v) is 7.91. The van der Waals surface area contributed by atoms with Gasteiger partial charge >= 0.3 is 0 Å². The van der Waals surface area contributed by atoms with Crippen LogP contribution in [0.25, 0.3) is 10.8 Å². The van der Waals surface area contributed by atoms with E-state index in [1.165, 1.54) is 0 Å². The summed E-state index contributed by atoms with van der Waals surface area (Å²) < 4.78 is 0. The summed E-state index contributed by atoms with van der Waals surface area (Å²) in [5, 5.41) is 17.0. The maximum Gasteiger partial charge on any atom is 0.247 e. The van der Waals surface area contributed by atoms with Gasteiger partial charge in [-0.15, -0.1) is 0 Å². The summed E-state index contributed by atoms with van der Waals surface area (Å²) in [6, 6.07) is 13.2. The Hall–Kier alpha value is -3.60. The zero-order chi connectivity index (χ0) is 21.6. The molecule has 2 heterocycles. The summed E-state index contributed by atoms with van der Waals surface area (Å²) in [5.41, 5.74) is 0.768. The molecule has 0 bridgehead atoms. The zero-order valence-corrected chi connectivity index (χ0v) is 17.4. The smallest absolute Gasteiger partial charge is 0.247 e. The molecule has 1 unspecified atom stereocenters. The SMILES string of the molecule is N#CNC(=NC1CCCN(CC(=O)N2CCCC2)C1=O)Nc1ccc2ccccc2c1. The Labute approximate surface area is 181 Å². The highest BCUT2D eigenvalue weighted by atomic mass is 16.2. The number of benzene rings is 2. The average molecular weight is 419 g/mol. The molecule has 2 saturated heterocycles. The van der Waals surface area contributed by atoms with Crippen molar-refractivity contribution in [3.05, 3.63) is 42.5 Å². The number of hydrogen-bond donors (Lipinski definition) is 2. The van der Waals surface area contributed by atoms with E-state index >= 15 is 0 Å². The van der Waals surface area contributed by atoms with Crippen molar-refractivity contribution in [3.8, 4) is 6.19 Å². The van der Waals surface area contributed by atoms with E-state index in [-0.39, 0.29) is 24.3 Å². The summed E-state index contributed by atoms with van der Waals surface area (Å²) in [5.74, 6) is 0.0559. The fourth-order valence-electron chi connectivity index (χ4n) is 4.13. The largest absolute Gasteiger partial charge is 0.341 e. The quantitative estimate of drug-likeness (QED) is 0.343. The molecule has 2 aromatic rings. The summed E-state index contributed by atoms with van der Waals surface area (Å²) in [6.07, 6.45) is 5.28. The lowest BCUT2D eigenvalue weighted by Crippen LogP contribution is -2.49. The Balaban J connectivity index is 1.46. The minimum atomic E-state index is -0.621. The molecule has 8 heteroatoms. The molecule has 1 atom stereocenters. The van der Waals surface area contributed by atoms with Crippen LogP contribution in [0.2, 0.25) is 0 Å². The van der Waals surface area contributed by atoms with E-state index in [4.69, 9.17) is 5.26 Å². The Bertz CT molecular complexity index is 1040. The van der Waals surface area contributed by atoms with Crippen LogP contribution in [0.15, 0.2) is 47.5 Å². The molecule has 0 aliphatic carbocycles. The van der Waals surface area contributed by atoms with Gasteiger partial charge in [-0.1, -0.05) is 30.3 Å². The Kier molecular flexibility index (Phi) is 6.32. The molecule has 8 nitrogen and oxygen atoms in total. The Morgan fingerprint density at radius 3 is 2.65 bits per heavy atom. The number of aliphatic imine (C=N–C) groups is 1. The van der Waals surface area contributed by atoms with Gasteiger partial charge in [-0.2, -0.15) is 5.26 Å². The van der Waals surface area contributed by atoms with Crippen LogP contribution >= 0.6 is 0 Å². The Morgan fingerprint density at radius 2 is 1.87 bits per heavy atom. The predicted octanol–water partition coefficient (Wildman–Crippen LogP) is 2.29. The lowest BCUT2D eigenvalue weighted by molar-refractivity contribution is -0.142. The van der Waals surface area contributed by atoms with Crippen LogP contribution in [0.1, 0.15) is 25.7 Å². The monoisotopic (exact) mass is 418 g/mol. The summed E-state index contributed by atoms with van der Waals surface area (Å²) in [6.45, 7) is 2.20. The third-order valence-electron chi connectivity index (χ3n) is 5.76. The first-order valence-electron chi connectivity index (χ1n) is 10.7. The number of carbonyl (C=O) groups excluding carboxylic acids is 2. The fourth-order valence-corrected chi connectivity index (χ4v) is 4.13. The van der Waals surface area contributed by atoms with Gasteiger partial charge in [-0.3, -0.25) is 14.9 Å². The third-order valence-corrected chi connectivity index (χ3v) is 5.76. The number of carbonyl (C=O) groups is 2. The van der Waals surface area contributed by atoms with E-state index in [0.717, 1.165) is 48.8 Å². The van der Waals surface area contributed by atoms with Gasteiger partial charge in [0.25, 0.3) is 0 Å². The van der Waals surface area contributed by atoms with Crippen LogP contribution < -0.4 is 10.6 Å². The van der Waals surface area contributed by atoms with E-state index in [9.17, 15) is 9.59 Å². The number of hydrogen-bond acceptors (Lipinski definition) is 4. The molecule has 0 aromatic heterocycles. The first-order valence-corrected chi connectivity index (χ1v) is 10.7. The van der Waals surface area contributed by atoms with Crippen molar-refractivity contribution in [2.45, 2.75) is 31.7 Å². The first kappa shape index (κ1) is 20.7. The standard InChI is InChI=1S/C23H26N6O2/c24-16-25-23(26-19-10-9-17-6-1-2-7-18(17)14-19)27-20-8-5-13-29(22(20)31)15-21(30)28-11-3-4-12-28/h1-2,6-7,9-10,14,20H,3-5,8,11-13,15H2,(H2,25,26,27). The van der Waals surface area contributed by atoms with Crippen molar-refractivity contribution in [3.63, 3.8) is 0 Å². The molecular weight excluding hydrogens is 392 g/mol. The van der Waals surface area contributed by atoms with Crippen molar-refractivity contribution in [2.24, 2.45) is 4.99 Å². The van der Waals surface area contributed by atoms with E-state index in [0.29, 0.717) is 13.0 Å². The van der Waals surface area contributed by atoms with Crippen LogP contribution in [-0.4, -0.2) is 59.8 Å². The topological polar surface area (TPSA) is 101 Å². The van der Waals surface area contributed by atoms with Gasteiger partial charge in [-0.05, 0) is 48.6 Å². The van der Waals surface area contributed by atoms with Gasteiger partial charge in [0.05, 0.1) is 6.54 Å². The van der Waals surface area contributed by atoms with Crippen molar-refractivity contribution in [2.75, 3.05) is 31.5 Å². The number of anilines is 1. The van der Waals surface area contributed by atoms with Crippen LogP contribution in [-0.2, 0) is 9.59 Å². The summed E-state index contributed by atoms with van der Waals surface area (Å²) >= 11 is 0. The number of fused-ring (bicyclic) bond motifs is 1. The van der Waals surface area contributed by atoms with Crippen LogP contribution in [0.5, 0.6) is 0 Å². The zero-order valence-electron chi connectivity index (χ0n) is 17.4. The van der Waals surface area contributed by atoms with E-state index in [1.54, 1.807) is 4.90 Å². The molecule has 31 heavy (non-hydrogen) atoms. The average Bonchev–Trinajstić information content (AvgIpc) is 3.32. The second-order valence-electron chi connectivity index (χ2n) is 7.91. The summed E-state index contributed by atoms with van der Waals surface area (Å²) in [7, 11) is 0. The molecule has 2 aliphatic heterocycles. The lowest BCUT2D eigenvalue weighted by atomic mass is 10.1. The highest BCUT2D eigenvalue weighted by Crippen LogP contribution is 2.20. The van der Waals surface area contributed by atoms with Crippen molar-refractivity contribution in [1.82, 2.24) is 15.1 Å². The number of guanidine groups is 1. The Morgan fingerprint density at radius 1 is 1.10 bits per heavy atom. The minimum absolute atomic E-state index is 0.000131. The van der Waals surface area contributed by atoms with Gasteiger partial charge in [0.15, 0.2) is 6.19 Å². The first-order chi connectivity index (χ1) is 15.1. The molecule has 0 spiro atoms. The highest BCUT2D eigenvalue weighted by molar-refractivity contribution is 5.99. The second kappa shape index (κ2) is 9.47. The van der Waals surface area contributed by atoms with E-state index in [1.807, 2.05) is 53.6 Å². The molecule has 0 saturated carbocycles. The number of nitrogens with zero attached hydrogens (tertiary/aromatic N) is 4. The normalized spacial score (nSPS) is 19.4. The van der Waals surface area contributed by atoms with E-state index in [2.05, 4.69) is 15.6 Å². The van der Waals surface area contributed by atoms with Crippen LogP contribution in [0, 0.1) is 11.5 Å². The summed E-state index contributed by atoms with van der Waals surface area (Å²) in [4.78, 5) is 33.3. The van der Waals surface area contributed by atoms with E-state index < -0.39 is 6.04 Å². The van der Waals surface area contributed by atoms with Crippen LogP contribution in [0.3, 0.4) is 0 Å². The van der Waals surface area contributed by atoms with Gasteiger partial charge in [0.2, 0.25) is 17.8 Å². The third kappa shape index (κ3) is 4.94. The van der Waals surface area contributed by atoms with Gasteiger partial charge in [0, 0.05) is 25.3 Å². The molecular formula is C23H26N6O2. The maximum atomic E-state index is 13.0. The molecule has 2 amide bonds.